The van der Waals surface area contributed by atoms with Gasteiger partial charge in [-0.15, -0.1) is 48.1 Å². The normalized spacial score (nSPS) is 16.0. The summed E-state index contributed by atoms with van der Waals surface area (Å²) >= 11 is 0. The van der Waals surface area contributed by atoms with Crippen molar-refractivity contribution in [3.8, 4) is 17.3 Å². The summed E-state index contributed by atoms with van der Waals surface area (Å²) in [7, 11) is 0. The third-order valence-electron chi connectivity index (χ3n) is 12.5. The quantitative estimate of drug-likeness (QED) is 0.161. The summed E-state index contributed by atoms with van der Waals surface area (Å²) in [5, 5.41) is 2.30. The van der Waals surface area contributed by atoms with Crippen LogP contribution in [0.2, 0.25) is 0 Å². The van der Waals surface area contributed by atoms with E-state index in [1.165, 1.54) is 44.3 Å². The van der Waals surface area contributed by atoms with E-state index in [4.69, 9.17) is 9.72 Å². The SMILES string of the molecule is CC(C)(C)c1ccnc(-n2c3[c-]c(Oc4[c-]c(N5[CH-]N(c6ccccc6)c6ccccc65)ccc4)ccc3c3cc4c(cc32)C2c3ccccc3C4c3ccccc32)c1.[Pt]. The fraction of sp³-hybridized carbons (Fsp3) is 0.111. The minimum absolute atomic E-state index is 0. The zero-order valence-electron chi connectivity index (χ0n) is 33.3. The second kappa shape index (κ2) is 13.8. The second-order valence-electron chi connectivity index (χ2n) is 16.9. The number of aromatic nitrogens is 2. The average Bonchev–Trinajstić information content (AvgIpc) is 3.81. The molecule has 5 nitrogen and oxygen atoms in total. The molecular weight excluding hydrogens is 916 g/mol. The third kappa shape index (κ3) is 5.59. The summed E-state index contributed by atoms with van der Waals surface area (Å²) < 4.78 is 8.97. The predicted molar refractivity (Wildman–Crippen MR) is 238 cm³/mol. The van der Waals surface area contributed by atoms with Crippen molar-refractivity contribution in [3.05, 3.63) is 222 Å². The molecule has 294 valence electrons. The largest absolute Gasteiger partial charge is 0.509 e. The number of benzene rings is 7. The van der Waals surface area contributed by atoms with E-state index in [1.807, 2.05) is 30.5 Å². The molecule has 60 heavy (non-hydrogen) atoms. The van der Waals surface area contributed by atoms with Gasteiger partial charge in [0.05, 0.1) is 0 Å². The van der Waals surface area contributed by atoms with Gasteiger partial charge in [0, 0.05) is 73.2 Å². The van der Waals surface area contributed by atoms with Crippen molar-refractivity contribution in [2.24, 2.45) is 0 Å². The van der Waals surface area contributed by atoms with Gasteiger partial charge >= 0.3 is 0 Å². The van der Waals surface area contributed by atoms with Crippen LogP contribution in [0.15, 0.2) is 164 Å². The zero-order valence-corrected chi connectivity index (χ0v) is 35.6. The number of hydrogen-bond donors (Lipinski definition) is 0. The van der Waals surface area contributed by atoms with E-state index in [0.29, 0.717) is 11.5 Å². The number of ether oxygens (including phenoxy) is 1. The number of fused-ring (bicyclic) bond motifs is 4. The smallest absolute Gasteiger partial charge is 0.135 e. The Bertz CT molecular complexity index is 3100. The van der Waals surface area contributed by atoms with Gasteiger partial charge < -0.3 is 19.1 Å². The van der Waals surface area contributed by atoms with Crippen LogP contribution < -0.4 is 14.5 Å². The Hall–Kier alpha value is -6.42. The molecule has 0 atom stereocenters. The van der Waals surface area contributed by atoms with Crippen LogP contribution in [-0.2, 0) is 26.5 Å². The first-order valence-electron chi connectivity index (χ1n) is 20.4. The van der Waals surface area contributed by atoms with E-state index in [0.717, 1.165) is 45.0 Å². The Morgan fingerprint density at radius 3 is 1.87 bits per heavy atom. The van der Waals surface area contributed by atoms with Gasteiger partial charge in [0.2, 0.25) is 0 Å². The Balaban J connectivity index is 0.00000408. The summed E-state index contributed by atoms with van der Waals surface area (Å²) in [4.78, 5) is 9.40. The molecule has 0 N–H and O–H groups in total. The molecule has 1 aliphatic heterocycles. The van der Waals surface area contributed by atoms with Crippen molar-refractivity contribution in [1.29, 1.82) is 0 Å². The Morgan fingerprint density at radius 1 is 0.567 bits per heavy atom. The molecule has 0 amide bonds. The van der Waals surface area contributed by atoms with E-state index in [2.05, 4.69) is 187 Å². The minimum Gasteiger partial charge on any atom is -0.509 e. The van der Waals surface area contributed by atoms with Crippen molar-refractivity contribution in [3.63, 3.8) is 0 Å². The van der Waals surface area contributed by atoms with Gasteiger partial charge in [-0.05, 0) is 92.2 Å². The van der Waals surface area contributed by atoms with Crippen molar-refractivity contribution in [1.82, 2.24) is 9.55 Å². The summed E-state index contributed by atoms with van der Waals surface area (Å²) in [6.45, 7) is 8.87. The van der Waals surface area contributed by atoms with Gasteiger partial charge in [0.1, 0.15) is 5.82 Å². The molecule has 0 unspecified atom stereocenters. The standard InChI is InChI=1S/C54H39N4O.Pt/c1-54(2,3)34-26-27-55-51(28-34)58-49-30-38(59-37-17-13-16-36(29-37)57-33-56(35-14-5-4-6-15-35)47-22-11-12-23-48(47)57)24-25-39(49)44-31-45-46(32-50(44)58)53-42-20-9-7-18-40(42)52(45)41-19-8-10-21-43(41)53;/h4-28,31-33,52-53H,1-3H3;/q-3;. The topological polar surface area (TPSA) is 33.5 Å². The fourth-order valence-electron chi connectivity index (χ4n) is 9.74. The first kappa shape index (κ1) is 36.6. The van der Waals surface area contributed by atoms with Crippen LogP contribution in [0.4, 0.5) is 22.7 Å². The summed E-state index contributed by atoms with van der Waals surface area (Å²) in [6, 6.07) is 63.7. The molecule has 0 spiro atoms. The number of anilines is 4. The molecule has 6 heteroatoms. The zero-order chi connectivity index (χ0) is 39.4. The molecule has 3 aliphatic carbocycles. The molecule has 3 heterocycles. The molecule has 9 aromatic rings. The molecule has 0 saturated carbocycles. The molecule has 13 rings (SSSR count). The molecule has 2 bridgehead atoms. The fourth-order valence-corrected chi connectivity index (χ4v) is 9.74. The minimum atomic E-state index is -0.0492. The van der Waals surface area contributed by atoms with E-state index in [9.17, 15) is 0 Å². The van der Waals surface area contributed by atoms with Crippen LogP contribution in [0.1, 0.15) is 71.6 Å². The van der Waals surface area contributed by atoms with Crippen LogP contribution >= 0.6 is 0 Å². The predicted octanol–water partition coefficient (Wildman–Crippen LogP) is 13.3. The maximum absolute atomic E-state index is 6.68. The summed E-state index contributed by atoms with van der Waals surface area (Å²) in [5.74, 6) is 2.44. The summed E-state index contributed by atoms with van der Waals surface area (Å²) in [6.07, 6.45) is 1.94. The van der Waals surface area contributed by atoms with E-state index >= 15 is 0 Å². The van der Waals surface area contributed by atoms with E-state index in [1.54, 1.807) is 0 Å². The van der Waals surface area contributed by atoms with Gasteiger partial charge in [-0.2, -0.15) is 12.1 Å². The van der Waals surface area contributed by atoms with Crippen LogP contribution in [0.25, 0.3) is 27.6 Å². The number of pyridine rings is 1. The van der Waals surface area contributed by atoms with E-state index in [-0.39, 0.29) is 38.3 Å². The Kier molecular flexibility index (Phi) is 8.44. The van der Waals surface area contributed by atoms with Crippen LogP contribution in [-0.4, -0.2) is 9.55 Å². The van der Waals surface area contributed by atoms with Crippen molar-refractivity contribution in [2.75, 3.05) is 9.80 Å². The van der Waals surface area contributed by atoms with Crippen molar-refractivity contribution in [2.45, 2.75) is 38.0 Å². The van der Waals surface area contributed by atoms with Gasteiger partial charge in [0.25, 0.3) is 0 Å². The van der Waals surface area contributed by atoms with Gasteiger partial charge in [-0.25, -0.2) is 4.98 Å². The molecule has 4 aliphatic rings. The second-order valence-corrected chi connectivity index (χ2v) is 16.9. The average molecular weight is 955 g/mol. The Labute approximate surface area is 364 Å². The van der Waals surface area contributed by atoms with Crippen LogP contribution in [0.3, 0.4) is 0 Å². The number of hydrogen-bond acceptors (Lipinski definition) is 4. The van der Waals surface area contributed by atoms with Gasteiger partial charge in [0.15, 0.2) is 0 Å². The van der Waals surface area contributed by atoms with Crippen LogP contribution in [0.5, 0.6) is 11.5 Å². The van der Waals surface area contributed by atoms with Crippen LogP contribution in [0, 0.1) is 18.8 Å². The first-order chi connectivity index (χ1) is 28.9. The molecule has 0 fully saturated rings. The monoisotopic (exact) mass is 954 g/mol. The molecule has 7 aromatic carbocycles. The number of rotatable bonds is 5. The summed E-state index contributed by atoms with van der Waals surface area (Å²) in [5.41, 5.74) is 15.8. The molecule has 2 aromatic heterocycles. The van der Waals surface area contributed by atoms with E-state index < -0.39 is 0 Å². The maximum Gasteiger partial charge on any atom is 0.135 e. The molecular formula is C54H39N4OPt-3. The Morgan fingerprint density at radius 2 is 1.18 bits per heavy atom. The maximum atomic E-state index is 6.68. The first-order valence-corrected chi connectivity index (χ1v) is 20.4. The molecule has 0 saturated heterocycles. The number of nitrogens with zero attached hydrogens (tertiary/aromatic N) is 4. The molecule has 0 radical (unpaired) electrons. The number of para-hydroxylation sites is 3. The third-order valence-corrected chi connectivity index (χ3v) is 12.5. The van der Waals surface area contributed by atoms with Gasteiger partial charge in [-0.1, -0.05) is 111 Å². The van der Waals surface area contributed by atoms with Crippen molar-refractivity contribution < 1.29 is 25.8 Å². The van der Waals surface area contributed by atoms with Crippen molar-refractivity contribution >= 4 is 44.6 Å². The van der Waals surface area contributed by atoms with Gasteiger partial charge in [-0.3, -0.25) is 0 Å².